The van der Waals surface area contributed by atoms with Crippen molar-refractivity contribution >= 4 is 5.97 Å². The summed E-state index contributed by atoms with van der Waals surface area (Å²) < 4.78 is 0. The molecule has 3 nitrogen and oxygen atoms in total. The lowest BCUT2D eigenvalue weighted by Crippen LogP contribution is -2.26. The van der Waals surface area contributed by atoms with Crippen LogP contribution in [0.4, 0.5) is 0 Å². The van der Waals surface area contributed by atoms with Crippen LogP contribution in [0.25, 0.3) is 0 Å². The van der Waals surface area contributed by atoms with Gasteiger partial charge < -0.3 is 10.8 Å². The third-order valence-electron chi connectivity index (χ3n) is 2.91. The number of hydrogen-bond donors (Lipinski definition) is 2. The SMILES string of the molecule is CC(CCC1CC1)CC(N)CC(=O)O. The number of nitrogens with two attached hydrogens (primary N) is 1. The fraction of sp³-hybridized carbons (Fsp3) is 0.909. The number of hydrogen-bond acceptors (Lipinski definition) is 2. The summed E-state index contributed by atoms with van der Waals surface area (Å²) in [4.78, 5) is 10.4. The van der Waals surface area contributed by atoms with Crippen molar-refractivity contribution in [2.75, 3.05) is 0 Å². The van der Waals surface area contributed by atoms with E-state index in [-0.39, 0.29) is 12.5 Å². The Hall–Kier alpha value is -0.570. The first kappa shape index (κ1) is 11.5. The highest BCUT2D eigenvalue weighted by Gasteiger charge is 2.22. The molecule has 2 unspecified atom stereocenters. The first-order chi connectivity index (χ1) is 6.58. The fourth-order valence-electron chi connectivity index (χ4n) is 1.87. The summed E-state index contributed by atoms with van der Waals surface area (Å²) in [6.45, 7) is 2.17. The molecule has 1 fully saturated rings. The zero-order valence-electron chi connectivity index (χ0n) is 8.91. The monoisotopic (exact) mass is 199 g/mol. The molecule has 0 spiro atoms. The Morgan fingerprint density at radius 3 is 2.71 bits per heavy atom. The van der Waals surface area contributed by atoms with E-state index in [9.17, 15) is 4.79 Å². The van der Waals surface area contributed by atoms with Crippen molar-refractivity contribution in [1.29, 1.82) is 0 Å². The molecule has 0 aromatic rings. The molecule has 0 heterocycles. The van der Waals surface area contributed by atoms with Crippen LogP contribution >= 0.6 is 0 Å². The van der Waals surface area contributed by atoms with Gasteiger partial charge >= 0.3 is 5.97 Å². The summed E-state index contributed by atoms with van der Waals surface area (Å²) in [5, 5.41) is 8.54. The topological polar surface area (TPSA) is 63.3 Å². The van der Waals surface area contributed by atoms with Crippen LogP contribution in [0, 0.1) is 11.8 Å². The minimum atomic E-state index is -0.785. The summed E-state index contributed by atoms with van der Waals surface area (Å²) in [6.07, 6.45) is 6.26. The Balaban J connectivity index is 2.04. The summed E-state index contributed by atoms with van der Waals surface area (Å²) in [7, 11) is 0. The van der Waals surface area contributed by atoms with Gasteiger partial charge in [0, 0.05) is 6.04 Å². The zero-order chi connectivity index (χ0) is 10.6. The van der Waals surface area contributed by atoms with Gasteiger partial charge in [-0.15, -0.1) is 0 Å². The van der Waals surface area contributed by atoms with Crippen LogP contribution < -0.4 is 5.73 Å². The van der Waals surface area contributed by atoms with Crippen molar-refractivity contribution in [3.63, 3.8) is 0 Å². The van der Waals surface area contributed by atoms with E-state index >= 15 is 0 Å². The number of aliphatic carboxylic acids is 1. The molecule has 0 aromatic heterocycles. The van der Waals surface area contributed by atoms with E-state index in [1.807, 2.05) is 0 Å². The van der Waals surface area contributed by atoms with Gasteiger partial charge in [0.2, 0.25) is 0 Å². The number of rotatable bonds is 7. The quantitative estimate of drug-likeness (QED) is 0.659. The first-order valence-corrected chi connectivity index (χ1v) is 5.55. The third-order valence-corrected chi connectivity index (χ3v) is 2.91. The number of carboxylic acids is 1. The summed E-state index contributed by atoms with van der Waals surface area (Å²) >= 11 is 0. The van der Waals surface area contributed by atoms with Crippen LogP contribution in [0.15, 0.2) is 0 Å². The molecule has 0 amide bonds. The minimum Gasteiger partial charge on any atom is -0.481 e. The zero-order valence-corrected chi connectivity index (χ0v) is 8.91. The maximum absolute atomic E-state index is 10.4. The lowest BCUT2D eigenvalue weighted by molar-refractivity contribution is -0.137. The Morgan fingerprint density at radius 2 is 2.21 bits per heavy atom. The van der Waals surface area contributed by atoms with E-state index in [2.05, 4.69) is 6.92 Å². The molecule has 0 aliphatic heterocycles. The molecule has 82 valence electrons. The van der Waals surface area contributed by atoms with E-state index in [0.717, 1.165) is 12.3 Å². The van der Waals surface area contributed by atoms with E-state index in [4.69, 9.17) is 10.8 Å². The molecule has 1 rings (SSSR count). The van der Waals surface area contributed by atoms with Gasteiger partial charge in [0.15, 0.2) is 0 Å². The van der Waals surface area contributed by atoms with Gasteiger partial charge in [-0.05, 0) is 18.3 Å². The third kappa shape index (κ3) is 5.22. The molecule has 1 aliphatic rings. The number of carbonyl (C=O) groups is 1. The molecule has 14 heavy (non-hydrogen) atoms. The van der Waals surface area contributed by atoms with E-state index in [0.29, 0.717) is 5.92 Å². The maximum Gasteiger partial charge on any atom is 0.304 e. The van der Waals surface area contributed by atoms with Gasteiger partial charge in [0.1, 0.15) is 0 Å². The first-order valence-electron chi connectivity index (χ1n) is 5.55. The smallest absolute Gasteiger partial charge is 0.304 e. The van der Waals surface area contributed by atoms with Gasteiger partial charge in [-0.25, -0.2) is 0 Å². The molecular formula is C11H21NO2. The normalized spacial score (nSPS) is 20.4. The van der Waals surface area contributed by atoms with Crippen molar-refractivity contribution in [3.8, 4) is 0 Å². The fourth-order valence-corrected chi connectivity index (χ4v) is 1.87. The second-order valence-electron chi connectivity index (χ2n) is 4.72. The van der Waals surface area contributed by atoms with Crippen molar-refractivity contribution in [2.45, 2.75) is 51.5 Å². The molecule has 1 aliphatic carbocycles. The standard InChI is InChI=1S/C11H21NO2/c1-8(2-3-9-4-5-9)6-10(12)7-11(13)14/h8-10H,2-7,12H2,1H3,(H,13,14). The van der Waals surface area contributed by atoms with E-state index < -0.39 is 5.97 Å². The predicted octanol–water partition coefficient (Wildman–Crippen LogP) is 2.00. The highest BCUT2D eigenvalue weighted by atomic mass is 16.4. The van der Waals surface area contributed by atoms with Crippen LogP contribution in [0.3, 0.4) is 0 Å². The number of carboxylic acid groups (broad SMARTS) is 1. The molecule has 2 atom stereocenters. The molecule has 1 saturated carbocycles. The van der Waals surface area contributed by atoms with Gasteiger partial charge in [0.05, 0.1) is 6.42 Å². The highest BCUT2D eigenvalue weighted by molar-refractivity contribution is 5.67. The van der Waals surface area contributed by atoms with Crippen LogP contribution in [0.1, 0.15) is 45.4 Å². The summed E-state index contributed by atoms with van der Waals surface area (Å²) in [5.41, 5.74) is 5.72. The van der Waals surface area contributed by atoms with Gasteiger partial charge in [-0.1, -0.05) is 32.6 Å². The molecule has 0 saturated heterocycles. The van der Waals surface area contributed by atoms with Crippen molar-refractivity contribution in [1.82, 2.24) is 0 Å². The Labute approximate surface area is 85.7 Å². The second-order valence-corrected chi connectivity index (χ2v) is 4.72. The van der Waals surface area contributed by atoms with Gasteiger partial charge in [-0.2, -0.15) is 0 Å². The Bertz CT molecular complexity index is 190. The van der Waals surface area contributed by atoms with Crippen molar-refractivity contribution < 1.29 is 9.90 Å². The summed E-state index contributed by atoms with van der Waals surface area (Å²) in [5.74, 6) is 0.755. The molecular weight excluding hydrogens is 178 g/mol. The molecule has 0 bridgehead atoms. The molecule has 0 radical (unpaired) electrons. The second kappa shape index (κ2) is 5.35. The predicted molar refractivity (Wildman–Crippen MR) is 56.0 cm³/mol. The van der Waals surface area contributed by atoms with Crippen LogP contribution in [-0.4, -0.2) is 17.1 Å². The van der Waals surface area contributed by atoms with Crippen molar-refractivity contribution in [2.24, 2.45) is 17.6 Å². The van der Waals surface area contributed by atoms with Crippen LogP contribution in [0.2, 0.25) is 0 Å². The minimum absolute atomic E-state index is 0.105. The van der Waals surface area contributed by atoms with Gasteiger partial charge in [-0.3, -0.25) is 4.79 Å². The molecule has 3 N–H and O–H groups in total. The average Bonchev–Trinajstić information content (AvgIpc) is 2.81. The molecule has 3 heteroatoms. The lowest BCUT2D eigenvalue weighted by atomic mass is 9.95. The Kier molecular flexibility index (Phi) is 4.39. The summed E-state index contributed by atoms with van der Waals surface area (Å²) in [6, 6.07) is -0.165. The van der Waals surface area contributed by atoms with E-state index in [1.54, 1.807) is 0 Å². The van der Waals surface area contributed by atoms with Crippen LogP contribution in [0.5, 0.6) is 0 Å². The molecule has 0 aromatic carbocycles. The Morgan fingerprint density at radius 1 is 1.57 bits per heavy atom. The largest absolute Gasteiger partial charge is 0.481 e. The lowest BCUT2D eigenvalue weighted by Gasteiger charge is -2.15. The maximum atomic E-state index is 10.4. The van der Waals surface area contributed by atoms with Gasteiger partial charge in [0.25, 0.3) is 0 Å². The van der Waals surface area contributed by atoms with E-state index in [1.165, 1.54) is 25.7 Å². The average molecular weight is 199 g/mol. The van der Waals surface area contributed by atoms with Crippen LogP contribution in [-0.2, 0) is 4.79 Å². The van der Waals surface area contributed by atoms with Crippen molar-refractivity contribution in [3.05, 3.63) is 0 Å². The highest BCUT2D eigenvalue weighted by Crippen LogP contribution is 2.35.